The molecule has 26 heavy (non-hydrogen) atoms. The summed E-state index contributed by atoms with van der Waals surface area (Å²) in [6.45, 7) is 4.15. The van der Waals surface area contributed by atoms with Crippen LogP contribution < -0.4 is 10.0 Å². The molecule has 1 rings (SSSR count). The number of piperidine rings is 1. The summed E-state index contributed by atoms with van der Waals surface area (Å²) in [5.74, 6) is -0.675. The Bertz CT molecular complexity index is 345. The standard InChI is InChI=1S/C23H45NO2/c1-3-4-5-6-7-8-9-10-11-12-13-14-15-16-17-21-18-19-24(2)20-22(21)23(25)26/h21-22H,3-20H2,1-2H3,(H,25,26). The van der Waals surface area contributed by atoms with Gasteiger partial charge in [0, 0.05) is 6.42 Å². The maximum Gasteiger partial charge on any atom is 0.0853 e. The summed E-state index contributed by atoms with van der Waals surface area (Å²) in [4.78, 5) is 12.7. The van der Waals surface area contributed by atoms with Crippen LogP contribution in [0.15, 0.2) is 0 Å². The number of carboxylic acid groups (broad SMARTS) is 1. The Morgan fingerprint density at radius 2 is 1.31 bits per heavy atom. The third kappa shape index (κ3) is 11.2. The van der Waals surface area contributed by atoms with E-state index < -0.39 is 5.97 Å². The Morgan fingerprint density at radius 1 is 0.846 bits per heavy atom. The summed E-state index contributed by atoms with van der Waals surface area (Å²) < 4.78 is 0. The fraction of sp³-hybridized carbons (Fsp3) is 0.957. The van der Waals surface area contributed by atoms with Crippen LogP contribution in [0.3, 0.4) is 0 Å². The molecule has 1 heterocycles. The van der Waals surface area contributed by atoms with Crippen LogP contribution in [-0.4, -0.2) is 26.1 Å². The molecule has 3 unspecified atom stereocenters. The lowest BCUT2D eigenvalue weighted by atomic mass is 9.82. The molecule has 3 heteroatoms. The normalized spacial score (nSPS) is 23.2. The number of hydrogen-bond donors (Lipinski definition) is 1. The van der Waals surface area contributed by atoms with Gasteiger partial charge in [-0.15, -0.1) is 0 Å². The molecule has 3 atom stereocenters. The Balaban J connectivity index is 1.88. The van der Waals surface area contributed by atoms with Gasteiger partial charge < -0.3 is 14.8 Å². The number of carboxylic acids is 1. The Labute approximate surface area is 162 Å². The molecule has 1 N–H and O–H groups in total. The second-order valence-electron chi connectivity index (χ2n) is 8.77. The van der Waals surface area contributed by atoms with Crippen molar-refractivity contribution in [3.05, 3.63) is 0 Å². The van der Waals surface area contributed by atoms with Gasteiger partial charge in [-0.1, -0.05) is 96.8 Å². The van der Waals surface area contributed by atoms with Gasteiger partial charge in [-0.05, 0) is 12.3 Å². The molecule has 0 saturated carbocycles. The summed E-state index contributed by atoms with van der Waals surface area (Å²) in [5.41, 5.74) is 0. The molecule has 1 saturated heterocycles. The van der Waals surface area contributed by atoms with Gasteiger partial charge >= 0.3 is 0 Å². The van der Waals surface area contributed by atoms with Crippen LogP contribution >= 0.6 is 0 Å². The maximum absolute atomic E-state index is 11.3. The van der Waals surface area contributed by atoms with Crippen LogP contribution in [0.25, 0.3) is 0 Å². The van der Waals surface area contributed by atoms with Crippen molar-refractivity contribution in [2.45, 2.75) is 110 Å². The predicted octanol–water partition coefficient (Wildman–Crippen LogP) is 3.76. The summed E-state index contributed by atoms with van der Waals surface area (Å²) in [7, 11) is 2.10. The van der Waals surface area contributed by atoms with Gasteiger partial charge in [0.25, 0.3) is 0 Å². The van der Waals surface area contributed by atoms with Crippen LogP contribution in [0, 0.1) is 11.8 Å². The van der Waals surface area contributed by atoms with E-state index in [0.29, 0.717) is 5.92 Å². The van der Waals surface area contributed by atoms with Crippen LogP contribution in [0.4, 0.5) is 0 Å². The van der Waals surface area contributed by atoms with Crippen molar-refractivity contribution in [1.82, 2.24) is 0 Å². The van der Waals surface area contributed by atoms with E-state index in [9.17, 15) is 9.90 Å². The van der Waals surface area contributed by atoms with Gasteiger partial charge in [0.15, 0.2) is 0 Å². The predicted molar refractivity (Wildman–Crippen MR) is 108 cm³/mol. The number of rotatable bonds is 16. The first kappa shape index (κ1) is 23.5. The number of hydrogen-bond acceptors (Lipinski definition) is 2. The fourth-order valence-electron chi connectivity index (χ4n) is 4.50. The minimum Gasteiger partial charge on any atom is -0.550 e. The zero-order valence-electron chi connectivity index (χ0n) is 17.7. The lowest BCUT2D eigenvalue weighted by molar-refractivity contribution is -0.889. The zero-order chi connectivity index (χ0) is 19.0. The number of quaternary nitrogens is 1. The van der Waals surface area contributed by atoms with Gasteiger partial charge in [0.05, 0.1) is 32.0 Å². The highest BCUT2D eigenvalue weighted by atomic mass is 16.4. The number of aliphatic carboxylic acids is 1. The first-order valence-corrected chi connectivity index (χ1v) is 11.7. The highest BCUT2D eigenvalue weighted by molar-refractivity contribution is 5.68. The first-order chi connectivity index (χ1) is 12.6. The number of carbonyl (C=O) groups is 1. The number of unbranched alkanes of at least 4 members (excludes halogenated alkanes) is 13. The van der Waals surface area contributed by atoms with Crippen molar-refractivity contribution in [2.75, 3.05) is 20.1 Å². The lowest BCUT2D eigenvalue weighted by Crippen LogP contribution is -3.11. The van der Waals surface area contributed by atoms with Crippen LogP contribution in [0.1, 0.15) is 110 Å². The van der Waals surface area contributed by atoms with Crippen molar-refractivity contribution in [3.8, 4) is 0 Å². The molecule has 0 radical (unpaired) electrons. The molecule has 0 aromatic rings. The monoisotopic (exact) mass is 367 g/mol. The van der Waals surface area contributed by atoms with Crippen LogP contribution in [0.5, 0.6) is 0 Å². The quantitative estimate of drug-likeness (QED) is 0.422. The molecule has 154 valence electrons. The van der Waals surface area contributed by atoms with Crippen LogP contribution in [0.2, 0.25) is 0 Å². The largest absolute Gasteiger partial charge is 0.550 e. The minimum atomic E-state index is -0.820. The zero-order valence-corrected chi connectivity index (χ0v) is 17.7. The third-order valence-electron chi connectivity index (χ3n) is 6.31. The lowest BCUT2D eigenvalue weighted by Gasteiger charge is -2.35. The first-order valence-electron chi connectivity index (χ1n) is 11.7. The van der Waals surface area contributed by atoms with Crippen molar-refractivity contribution in [3.63, 3.8) is 0 Å². The van der Waals surface area contributed by atoms with Gasteiger partial charge in [0.2, 0.25) is 0 Å². The molecule has 0 aromatic carbocycles. The molecule has 0 aromatic heterocycles. The van der Waals surface area contributed by atoms with E-state index in [1.807, 2.05) is 0 Å². The summed E-state index contributed by atoms with van der Waals surface area (Å²) in [6.07, 6.45) is 21.4. The SMILES string of the molecule is CCCCCCCCCCCCCCCCC1CC[NH+](C)CC1C(=O)[O-]. The third-order valence-corrected chi connectivity index (χ3v) is 6.31. The van der Waals surface area contributed by atoms with Crippen molar-refractivity contribution >= 4 is 5.97 Å². The second-order valence-corrected chi connectivity index (χ2v) is 8.77. The fourth-order valence-corrected chi connectivity index (χ4v) is 4.50. The molecule has 0 amide bonds. The smallest absolute Gasteiger partial charge is 0.0853 e. The van der Waals surface area contributed by atoms with E-state index in [1.165, 1.54) is 94.8 Å². The molecule has 0 aliphatic carbocycles. The number of nitrogens with one attached hydrogen (secondary N) is 1. The molecule has 1 aliphatic rings. The Morgan fingerprint density at radius 3 is 1.77 bits per heavy atom. The topological polar surface area (TPSA) is 44.6 Å². The molecular weight excluding hydrogens is 322 g/mol. The molecular formula is C23H45NO2. The highest BCUT2D eigenvalue weighted by Crippen LogP contribution is 2.24. The van der Waals surface area contributed by atoms with Crippen molar-refractivity contribution in [2.24, 2.45) is 11.8 Å². The Hall–Kier alpha value is -0.570. The van der Waals surface area contributed by atoms with Gasteiger partial charge in [-0.2, -0.15) is 0 Å². The number of likely N-dealkylation sites (tertiary alicyclic amines) is 1. The molecule has 1 aliphatic heterocycles. The van der Waals surface area contributed by atoms with E-state index in [-0.39, 0.29) is 5.92 Å². The van der Waals surface area contributed by atoms with Crippen molar-refractivity contribution < 1.29 is 14.8 Å². The van der Waals surface area contributed by atoms with E-state index >= 15 is 0 Å². The highest BCUT2D eigenvalue weighted by Gasteiger charge is 2.30. The molecule has 3 nitrogen and oxygen atoms in total. The summed E-state index contributed by atoms with van der Waals surface area (Å²) in [6, 6.07) is 0. The number of carbonyl (C=O) groups excluding carboxylic acids is 1. The Kier molecular flexibility index (Phi) is 14.0. The van der Waals surface area contributed by atoms with Gasteiger partial charge in [0.1, 0.15) is 0 Å². The molecule has 1 fully saturated rings. The van der Waals surface area contributed by atoms with Crippen molar-refractivity contribution in [1.29, 1.82) is 0 Å². The molecule has 0 bridgehead atoms. The maximum atomic E-state index is 11.3. The summed E-state index contributed by atoms with van der Waals surface area (Å²) >= 11 is 0. The average Bonchev–Trinajstić information content (AvgIpc) is 2.62. The van der Waals surface area contributed by atoms with Gasteiger partial charge in [-0.25, -0.2) is 0 Å². The second kappa shape index (κ2) is 15.5. The van der Waals surface area contributed by atoms with E-state index in [1.54, 1.807) is 0 Å². The van der Waals surface area contributed by atoms with E-state index in [4.69, 9.17) is 0 Å². The van der Waals surface area contributed by atoms with Crippen LogP contribution in [-0.2, 0) is 4.79 Å². The average molecular weight is 368 g/mol. The van der Waals surface area contributed by atoms with Gasteiger partial charge in [-0.3, -0.25) is 0 Å². The summed E-state index contributed by atoms with van der Waals surface area (Å²) in [5, 5.41) is 11.3. The van der Waals surface area contributed by atoms with E-state index in [2.05, 4.69) is 14.0 Å². The minimum absolute atomic E-state index is 0.217. The molecule has 0 spiro atoms. The van der Waals surface area contributed by atoms with E-state index in [0.717, 1.165) is 25.9 Å².